The fourth-order valence-corrected chi connectivity index (χ4v) is 4.94. The van der Waals surface area contributed by atoms with E-state index in [4.69, 9.17) is 0 Å². The van der Waals surface area contributed by atoms with Crippen molar-refractivity contribution in [3.8, 4) is 11.1 Å². The van der Waals surface area contributed by atoms with E-state index in [0.717, 1.165) is 12.8 Å². The number of rotatable bonds is 5. The average molecular weight is 387 g/mol. The van der Waals surface area contributed by atoms with E-state index in [9.17, 15) is 0 Å². The quantitative estimate of drug-likeness (QED) is 0.325. The van der Waals surface area contributed by atoms with E-state index in [-0.39, 0.29) is 0 Å². The van der Waals surface area contributed by atoms with Gasteiger partial charge in [-0.05, 0) is 50.9 Å². The molecule has 0 aliphatic heterocycles. The summed E-state index contributed by atoms with van der Waals surface area (Å²) in [6.07, 6.45) is 2.25. The number of hydrogen-bond donors (Lipinski definition) is 0. The topological polar surface area (TPSA) is 0 Å². The van der Waals surface area contributed by atoms with E-state index in [1.54, 1.807) is 5.57 Å². The predicted molar refractivity (Wildman–Crippen MR) is 128 cm³/mol. The van der Waals surface area contributed by atoms with Crippen molar-refractivity contribution in [1.82, 2.24) is 0 Å². The van der Waals surface area contributed by atoms with Crippen LogP contribution >= 0.6 is 0 Å². The Morgan fingerprint density at radius 3 is 1.83 bits per heavy atom. The van der Waals surface area contributed by atoms with Gasteiger partial charge in [-0.15, -0.1) is 0 Å². The van der Waals surface area contributed by atoms with Gasteiger partial charge in [-0.1, -0.05) is 123 Å². The third kappa shape index (κ3) is 3.19. The van der Waals surface area contributed by atoms with Crippen LogP contribution in [0, 0.1) is 0 Å². The summed E-state index contributed by atoms with van der Waals surface area (Å²) < 4.78 is 0. The highest BCUT2D eigenvalue weighted by Gasteiger charge is 2.34. The van der Waals surface area contributed by atoms with Crippen molar-refractivity contribution in [3.05, 3.63) is 137 Å². The second kappa shape index (κ2) is 8.16. The lowest BCUT2D eigenvalue weighted by atomic mass is 9.85. The van der Waals surface area contributed by atoms with Gasteiger partial charge in [0.15, 0.2) is 0 Å². The average Bonchev–Trinajstić information content (AvgIpc) is 3.15. The Bertz CT molecular complexity index is 1170. The highest BCUT2D eigenvalue weighted by Crippen LogP contribution is 2.52. The Morgan fingerprint density at radius 2 is 1.20 bits per heavy atom. The Labute approximate surface area is 179 Å². The molecule has 1 aliphatic carbocycles. The standard InChI is InChI=1S/C30H26/c1-2-13-26-28(23-16-8-4-9-17-23)27-21-12-20-25(22-14-6-3-7-15-22)30(27)29(26)24-18-10-5-11-19-24/h3-12,14-21,28H,2,13H2,1H3. The molecule has 0 heteroatoms. The molecule has 1 atom stereocenters. The molecular formula is C30H26. The zero-order chi connectivity index (χ0) is 20.3. The van der Waals surface area contributed by atoms with Crippen molar-refractivity contribution in [2.45, 2.75) is 25.7 Å². The maximum atomic E-state index is 2.34. The second-order valence-electron chi connectivity index (χ2n) is 8.00. The van der Waals surface area contributed by atoms with Crippen LogP contribution in [0.3, 0.4) is 0 Å². The number of hydrogen-bond acceptors (Lipinski definition) is 0. The van der Waals surface area contributed by atoms with Crippen molar-refractivity contribution in [1.29, 1.82) is 0 Å². The van der Waals surface area contributed by atoms with Crippen LogP contribution in [-0.2, 0) is 0 Å². The SMILES string of the molecule is CCCC1=C(c2ccccc2)c2c(-c3ccccc3)cccc2C1c1ccccc1. The predicted octanol–water partition coefficient (Wildman–Crippen LogP) is 8.10. The fraction of sp³-hybridized carbons (Fsp3) is 0.133. The molecule has 30 heavy (non-hydrogen) atoms. The van der Waals surface area contributed by atoms with Gasteiger partial charge in [0.25, 0.3) is 0 Å². The molecule has 0 N–H and O–H groups in total. The van der Waals surface area contributed by atoms with Gasteiger partial charge in [0, 0.05) is 5.92 Å². The van der Waals surface area contributed by atoms with Gasteiger partial charge in [0.05, 0.1) is 0 Å². The van der Waals surface area contributed by atoms with Gasteiger partial charge in [-0.3, -0.25) is 0 Å². The van der Waals surface area contributed by atoms with E-state index in [0.29, 0.717) is 5.92 Å². The third-order valence-corrected chi connectivity index (χ3v) is 6.13. The van der Waals surface area contributed by atoms with Crippen LogP contribution in [0.4, 0.5) is 0 Å². The van der Waals surface area contributed by atoms with Gasteiger partial charge in [-0.2, -0.15) is 0 Å². The molecule has 0 bridgehead atoms. The number of allylic oxidation sites excluding steroid dienone is 1. The smallest absolute Gasteiger partial charge is 0.0314 e. The van der Waals surface area contributed by atoms with E-state index < -0.39 is 0 Å². The fourth-order valence-electron chi connectivity index (χ4n) is 4.94. The summed E-state index contributed by atoms with van der Waals surface area (Å²) in [5.41, 5.74) is 11.2. The first-order chi connectivity index (χ1) is 14.9. The normalized spacial score (nSPS) is 15.3. The van der Waals surface area contributed by atoms with Crippen molar-refractivity contribution < 1.29 is 0 Å². The molecular weight excluding hydrogens is 360 g/mol. The lowest BCUT2D eigenvalue weighted by Gasteiger charge is -2.18. The van der Waals surface area contributed by atoms with Crippen LogP contribution in [0.25, 0.3) is 16.7 Å². The van der Waals surface area contributed by atoms with Crippen LogP contribution in [0.2, 0.25) is 0 Å². The van der Waals surface area contributed by atoms with Crippen molar-refractivity contribution in [2.24, 2.45) is 0 Å². The first-order valence-electron chi connectivity index (χ1n) is 10.9. The van der Waals surface area contributed by atoms with E-state index in [1.165, 1.54) is 39.0 Å². The molecule has 0 spiro atoms. The lowest BCUT2D eigenvalue weighted by Crippen LogP contribution is -2.01. The Kier molecular flexibility index (Phi) is 5.07. The molecule has 0 heterocycles. The first kappa shape index (κ1) is 18.6. The summed E-state index contributed by atoms with van der Waals surface area (Å²) in [4.78, 5) is 0. The number of benzene rings is 4. The molecule has 0 fully saturated rings. The van der Waals surface area contributed by atoms with Crippen LogP contribution < -0.4 is 0 Å². The number of fused-ring (bicyclic) bond motifs is 1. The van der Waals surface area contributed by atoms with Gasteiger partial charge in [-0.25, -0.2) is 0 Å². The molecule has 1 aliphatic rings. The minimum Gasteiger partial charge on any atom is -0.0651 e. The third-order valence-electron chi connectivity index (χ3n) is 6.13. The summed E-state index contributed by atoms with van der Waals surface area (Å²) in [5, 5.41) is 0. The summed E-state index contributed by atoms with van der Waals surface area (Å²) >= 11 is 0. The van der Waals surface area contributed by atoms with Crippen molar-refractivity contribution >= 4 is 5.57 Å². The van der Waals surface area contributed by atoms with Crippen molar-refractivity contribution in [2.75, 3.05) is 0 Å². The van der Waals surface area contributed by atoms with Gasteiger partial charge in [0.1, 0.15) is 0 Å². The van der Waals surface area contributed by atoms with Gasteiger partial charge in [0.2, 0.25) is 0 Å². The zero-order valence-electron chi connectivity index (χ0n) is 17.4. The molecule has 0 saturated heterocycles. The van der Waals surface area contributed by atoms with Crippen molar-refractivity contribution in [3.63, 3.8) is 0 Å². The molecule has 4 aromatic rings. The summed E-state index contributed by atoms with van der Waals surface area (Å²) in [6, 6.07) is 39.7. The molecule has 146 valence electrons. The van der Waals surface area contributed by atoms with Gasteiger partial charge < -0.3 is 0 Å². The van der Waals surface area contributed by atoms with Crippen LogP contribution in [0.1, 0.15) is 47.9 Å². The molecule has 0 aromatic heterocycles. The highest BCUT2D eigenvalue weighted by atomic mass is 14.4. The second-order valence-corrected chi connectivity index (χ2v) is 8.00. The maximum Gasteiger partial charge on any atom is 0.0314 e. The summed E-state index contributed by atoms with van der Waals surface area (Å²) in [7, 11) is 0. The molecule has 0 amide bonds. The highest BCUT2D eigenvalue weighted by molar-refractivity contribution is 5.96. The largest absolute Gasteiger partial charge is 0.0651 e. The molecule has 0 radical (unpaired) electrons. The Hall–Kier alpha value is -3.38. The Morgan fingerprint density at radius 1 is 0.600 bits per heavy atom. The van der Waals surface area contributed by atoms with E-state index >= 15 is 0 Å². The molecule has 4 aromatic carbocycles. The van der Waals surface area contributed by atoms with Crippen LogP contribution in [0.15, 0.2) is 115 Å². The zero-order valence-corrected chi connectivity index (χ0v) is 17.4. The lowest BCUT2D eigenvalue weighted by molar-refractivity contribution is 0.827. The first-order valence-corrected chi connectivity index (χ1v) is 10.9. The molecule has 5 rings (SSSR count). The molecule has 0 saturated carbocycles. The van der Waals surface area contributed by atoms with Crippen LogP contribution in [-0.4, -0.2) is 0 Å². The van der Waals surface area contributed by atoms with E-state index in [2.05, 4.69) is 116 Å². The minimum atomic E-state index is 0.319. The summed E-state index contributed by atoms with van der Waals surface area (Å²) in [5.74, 6) is 0.319. The maximum absolute atomic E-state index is 2.34. The van der Waals surface area contributed by atoms with Gasteiger partial charge >= 0.3 is 0 Å². The molecule has 0 nitrogen and oxygen atoms in total. The summed E-state index contributed by atoms with van der Waals surface area (Å²) in [6.45, 7) is 2.29. The van der Waals surface area contributed by atoms with E-state index in [1.807, 2.05) is 0 Å². The monoisotopic (exact) mass is 386 g/mol. The molecule has 1 unspecified atom stereocenters. The Balaban J connectivity index is 1.84. The minimum absolute atomic E-state index is 0.319. The van der Waals surface area contributed by atoms with Crippen LogP contribution in [0.5, 0.6) is 0 Å².